The standard InChI is InChI=1S/C24H26N2O3/c1-14-10-21-19(13-29-22(21)11-15(14)2)12-23(27)25-16(3)17-6-8-20(9-7-17)26-24(28)18-4-5-18/h6-11,13,16,18H,4-5,12H2,1-3H3,(H,25,27)(H,26,28). The zero-order chi connectivity index (χ0) is 20.5. The van der Waals surface area contributed by atoms with Crippen LogP contribution in [0, 0.1) is 19.8 Å². The number of benzene rings is 2. The molecule has 0 bridgehead atoms. The minimum Gasteiger partial charge on any atom is -0.464 e. The molecule has 1 atom stereocenters. The minimum atomic E-state index is -0.127. The summed E-state index contributed by atoms with van der Waals surface area (Å²) in [5, 5.41) is 6.97. The Morgan fingerprint density at radius 2 is 1.79 bits per heavy atom. The maximum Gasteiger partial charge on any atom is 0.227 e. The third kappa shape index (κ3) is 4.34. The van der Waals surface area contributed by atoms with Gasteiger partial charge in [-0.25, -0.2) is 0 Å². The summed E-state index contributed by atoms with van der Waals surface area (Å²) in [4.78, 5) is 24.4. The zero-order valence-corrected chi connectivity index (χ0v) is 17.0. The van der Waals surface area contributed by atoms with E-state index in [0.29, 0.717) is 0 Å². The molecule has 1 saturated carbocycles. The third-order valence-corrected chi connectivity index (χ3v) is 5.62. The highest BCUT2D eigenvalue weighted by Crippen LogP contribution is 2.30. The molecule has 2 N–H and O–H groups in total. The SMILES string of the molecule is Cc1cc2occ(CC(=O)NC(C)c3ccc(NC(=O)C4CC4)cc3)c2cc1C. The third-order valence-electron chi connectivity index (χ3n) is 5.62. The lowest BCUT2D eigenvalue weighted by atomic mass is 10.0. The molecular weight excluding hydrogens is 364 g/mol. The van der Waals surface area contributed by atoms with Crippen LogP contribution < -0.4 is 10.6 Å². The van der Waals surface area contributed by atoms with Gasteiger partial charge in [0.2, 0.25) is 11.8 Å². The number of amides is 2. The summed E-state index contributed by atoms with van der Waals surface area (Å²) in [7, 11) is 0. The lowest BCUT2D eigenvalue weighted by Crippen LogP contribution is -2.28. The number of anilines is 1. The molecule has 4 rings (SSSR count). The van der Waals surface area contributed by atoms with Gasteiger partial charge < -0.3 is 15.1 Å². The van der Waals surface area contributed by atoms with Crippen molar-refractivity contribution in [2.75, 3.05) is 5.32 Å². The zero-order valence-electron chi connectivity index (χ0n) is 17.0. The van der Waals surface area contributed by atoms with Gasteiger partial charge in [-0.3, -0.25) is 9.59 Å². The van der Waals surface area contributed by atoms with Gasteiger partial charge in [0.15, 0.2) is 0 Å². The van der Waals surface area contributed by atoms with E-state index in [0.717, 1.165) is 40.6 Å². The molecule has 150 valence electrons. The molecule has 2 amide bonds. The van der Waals surface area contributed by atoms with Gasteiger partial charge in [-0.2, -0.15) is 0 Å². The summed E-state index contributed by atoms with van der Waals surface area (Å²) in [5.74, 6) is 0.223. The number of fused-ring (bicyclic) bond motifs is 1. The van der Waals surface area contributed by atoms with Gasteiger partial charge in [0.1, 0.15) is 5.58 Å². The van der Waals surface area contributed by atoms with E-state index >= 15 is 0 Å². The van der Waals surface area contributed by atoms with Crippen molar-refractivity contribution in [2.45, 2.75) is 46.1 Å². The number of aryl methyl sites for hydroxylation is 2. The number of carbonyl (C=O) groups excluding carboxylic acids is 2. The summed E-state index contributed by atoms with van der Waals surface area (Å²) >= 11 is 0. The highest BCUT2D eigenvalue weighted by molar-refractivity contribution is 5.94. The van der Waals surface area contributed by atoms with Crippen LogP contribution in [0.1, 0.15) is 48.1 Å². The first-order valence-electron chi connectivity index (χ1n) is 10.1. The molecule has 1 fully saturated rings. The first-order chi connectivity index (χ1) is 13.9. The average Bonchev–Trinajstić information content (AvgIpc) is 3.48. The summed E-state index contributed by atoms with van der Waals surface area (Å²) < 4.78 is 5.63. The van der Waals surface area contributed by atoms with E-state index in [4.69, 9.17) is 4.42 Å². The van der Waals surface area contributed by atoms with Crippen LogP contribution >= 0.6 is 0 Å². The number of hydrogen-bond acceptors (Lipinski definition) is 3. The Hall–Kier alpha value is -3.08. The van der Waals surface area contributed by atoms with Gasteiger partial charge in [0, 0.05) is 22.6 Å². The molecular formula is C24H26N2O3. The van der Waals surface area contributed by atoms with Gasteiger partial charge >= 0.3 is 0 Å². The van der Waals surface area contributed by atoms with Crippen molar-refractivity contribution in [1.82, 2.24) is 5.32 Å². The Kier molecular flexibility index (Phi) is 5.14. The second-order valence-electron chi connectivity index (χ2n) is 8.05. The molecule has 5 heteroatoms. The number of nitrogens with one attached hydrogen (secondary N) is 2. The molecule has 3 aromatic rings. The van der Waals surface area contributed by atoms with Gasteiger partial charge in [-0.15, -0.1) is 0 Å². The molecule has 0 radical (unpaired) electrons. The Balaban J connectivity index is 1.38. The highest BCUT2D eigenvalue weighted by atomic mass is 16.3. The van der Waals surface area contributed by atoms with E-state index in [2.05, 4.69) is 23.6 Å². The fourth-order valence-electron chi connectivity index (χ4n) is 3.47. The van der Waals surface area contributed by atoms with Crippen LogP contribution in [0.15, 0.2) is 47.1 Å². The molecule has 1 aliphatic rings. The van der Waals surface area contributed by atoms with E-state index in [1.54, 1.807) is 6.26 Å². The van der Waals surface area contributed by atoms with Crippen LogP contribution in [-0.4, -0.2) is 11.8 Å². The van der Waals surface area contributed by atoms with Crippen LogP contribution in [-0.2, 0) is 16.0 Å². The van der Waals surface area contributed by atoms with Gasteiger partial charge in [-0.1, -0.05) is 12.1 Å². The smallest absolute Gasteiger partial charge is 0.227 e. The summed E-state index contributed by atoms with van der Waals surface area (Å²) in [6.07, 6.45) is 3.91. The molecule has 1 aromatic heterocycles. The van der Waals surface area contributed by atoms with Crippen LogP contribution in [0.4, 0.5) is 5.69 Å². The van der Waals surface area contributed by atoms with E-state index in [9.17, 15) is 9.59 Å². The first kappa shape index (κ1) is 19.2. The lowest BCUT2D eigenvalue weighted by molar-refractivity contribution is -0.121. The highest BCUT2D eigenvalue weighted by Gasteiger charge is 2.29. The van der Waals surface area contributed by atoms with Crippen molar-refractivity contribution < 1.29 is 14.0 Å². The molecule has 5 nitrogen and oxygen atoms in total. The van der Waals surface area contributed by atoms with Gasteiger partial charge in [0.25, 0.3) is 0 Å². The molecule has 29 heavy (non-hydrogen) atoms. The van der Waals surface area contributed by atoms with E-state index in [1.165, 1.54) is 11.1 Å². The molecule has 2 aromatic carbocycles. The van der Waals surface area contributed by atoms with Crippen molar-refractivity contribution in [2.24, 2.45) is 5.92 Å². The first-order valence-corrected chi connectivity index (χ1v) is 10.1. The largest absolute Gasteiger partial charge is 0.464 e. The Morgan fingerprint density at radius 1 is 1.10 bits per heavy atom. The Morgan fingerprint density at radius 3 is 2.48 bits per heavy atom. The van der Waals surface area contributed by atoms with Crippen molar-refractivity contribution in [1.29, 1.82) is 0 Å². The fourth-order valence-corrected chi connectivity index (χ4v) is 3.47. The van der Waals surface area contributed by atoms with Crippen molar-refractivity contribution in [3.8, 4) is 0 Å². The monoisotopic (exact) mass is 390 g/mol. The molecule has 0 saturated heterocycles. The van der Waals surface area contributed by atoms with Crippen molar-refractivity contribution in [3.63, 3.8) is 0 Å². The average molecular weight is 390 g/mol. The van der Waals surface area contributed by atoms with Gasteiger partial charge in [-0.05, 0) is 74.6 Å². The fraction of sp³-hybridized carbons (Fsp3) is 0.333. The quantitative estimate of drug-likeness (QED) is 0.634. The molecule has 0 aliphatic heterocycles. The predicted molar refractivity (Wildman–Crippen MR) is 114 cm³/mol. The van der Waals surface area contributed by atoms with Crippen molar-refractivity contribution >= 4 is 28.5 Å². The topological polar surface area (TPSA) is 71.3 Å². The molecule has 1 aliphatic carbocycles. The van der Waals surface area contributed by atoms with E-state index in [-0.39, 0.29) is 30.2 Å². The van der Waals surface area contributed by atoms with Crippen LogP contribution in [0.25, 0.3) is 11.0 Å². The second-order valence-corrected chi connectivity index (χ2v) is 8.05. The van der Waals surface area contributed by atoms with Crippen LogP contribution in [0.5, 0.6) is 0 Å². The molecule has 0 spiro atoms. The number of hydrogen-bond donors (Lipinski definition) is 2. The summed E-state index contributed by atoms with van der Waals surface area (Å²) in [6, 6.07) is 11.6. The van der Waals surface area contributed by atoms with Gasteiger partial charge in [0.05, 0.1) is 18.7 Å². The number of furan rings is 1. The Labute approximate surface area is 170 Å². The van der Waals surface area contributed by atoms with Crippen LogP contribution in [0.2, 0.25) is 0 Å². The lowest BCUT2D eigenvalue weighted by Gasteiger charge is -2.15. The van der Waals surface area contributed by atoms with Crippen molar-refractivity contribution in [3.05, 3.63) is 64.9 Å². The Bertz CT molecular complexity index is 1060. The maximum absolute atomic E-state index is 12.6. The normalized spacial score (nSPS) is 14.6. The number of rotatable bonds is 6. The maximum atomic E-state index is 12.6. The second kappa shape index (κ2) is 7.74. The summed E-state index contributed by atoms with van der Waals surface area (Å²) in [5.41, 5.74) is 5.85. The van der Waals surface area contributed by atoms with E-state index in [1.807, 2.05) is 44.2 Å². The van der Waals surface area contributed by atoms with E-state index < -0.39 is 0 Å². The summed E-state index contributed by atoms with van der Waals surface area (Å²) in [6.45, 7) is 6.06. The molecule has 1 heterocycles. The number of carbonyl (C=O) groups is 2. The molecule has 1 unspecified atom stereocenters. The predicted octanol–water partition coefficient (Wildman–Crippen LogP) is 4.82. The van der Waals surface area contributed by atoms with Crippen LogP contribution in [0.3, 0.4) is 0 Å². The minimum absolute atomic E-state index is 0.0514.